The van der Waals surface area contributed by atoms with Crippen LogP contribution < -0.4 is 24.4 Å². The Hall–Kier alpha value is -5.40. The zero-order chi connectivity index (χ0) is 32.8. The molecule has 0 amide bonds. The first-order chi connectivity index (χ1) is 22.7. The van der Waals surface area contributed by atoms with Crippen molar-refractivity contribution in [3.05, 3.63) is 157 Å². The Morgan fingerprint density at radius 2 is 1.70 bits per heavy atom. The molecule has 1 aliphatic carbocycles. The quantitative estimate of drug-likeness (QED) is 0.135. The summed E-state index contributed by atoms with van der Waals surface area (Å²) in [4.78, 5) is 41.0. The molecule has 0 fully saturated rings. The molecule has 2 aliphatic rings. The van der Waals surface area contributed by atoms with Crippen molar-refractivity contribution >= 4 is 50.4 Å². The van der Waals surface area contributed by atoms with Crippen LogP contribution in [0.25, 0.3) is 11.8 Å². The van der Waals surface area contributed by atoms with Gasteiger partial charge in [-0.1, -0.05) is 69.7 Å². The number of nitro benzene ring substituents is 2. The highest BCUT2D eigenvalue weighted by atomic mass is 79.9. The molecule has 47 heavy (non-hydrogen) atoms. The third kappa shape index (κ3) is 5.53. The van der Waals surface area contributed by atoms with E-state index < -0.39 is 21.2 Å². The van der Waals surface area contributed by atoms with Crippen LogP contribution >= 0.6 is 27.3 Å². The van der Waals surface area contributed by atoms with Gasteiger partial charge in [0.05, 0.1) is 39.3 Å². The highest BCUT2D eigenvalue weighted by molar-refractivity contribution is 9.10. The highest BCUT2D eigenvalue weighted by Crippen LogP contribution is 2.42. The number of ether oxygens (including phenoxy) is 2. The predicted octanol–water partition coefficient (Wildman–Crippen LogP) is 6.70. The molecule has 0 saturated carbocycles. The van der Waals surface area contributed by atoms with Crippen molar-refractivity contribution in [2.24, 2.45) is 4.99 Å². The molecule has 2 heterocycles. The smallest absolute Gasteiger partial charge is 0.318 e. The van der Waals surface area contributed by atoms with Crippen molar-refractivity contribution in [2.75, 3.05) is 7.11 Å². The Bertz CT molecular complexity index is 2330. The van der Waals surface area contributed by atoms with Crippen molar-refractivity contribution in [2.45, 2.75) is 18.9 Å². The molecule has 11 nitrogen and oxygen atoms in total. The lowest BCUT2D eigenvalue weighted by molar-refractivity contribution is -0.394. The molecule has 1 aliphatic heterocycles. The average Bonchev–Trinajstić information content (AvgIpc) is 3.38. The number of non-ortho nitro benzene ring substituents is 1. The maximum atomic E-state index is 14.1. The summed E-state index contributed by atoms with van der Waals surface area (Å²) >= 11 is 4.83. The number of nitrogens with zero attached hydrogens (tertiary/aromatic N) is 4. The van der Waals surface area contributed by atoms with Gasteiger partial charge in [0.1, 0.15) is 0 Å². The van der Waals surface area contributed by atoms with Gasteiger partial charge in [-0.05, 0) is 71.5 Å². The number of halogens is 1. The average molecular weight is 712 g/mol. The molecule has 0 N–H and O–H groups in total. The molecular weight excluding hydrogens is 688 g/mol. The van der Waals surface area contributed by atoms with Crippen LogP contribution in [0.4, 0.5) is 11.4 Å². The normalized spacial score (nSPS) is 15.3. The van der Waals surface area contributed by atoms with Crippen LogP contribution in [0, 0.1) is 20.2 Å². The molecule has 234 valence electrons. The number of rotatable bonds is 7. The van der Waals surface area contributed by atoms with Gasteiger partial charge in [-0.2, -0.15) is 0 Å². The fraction of sp³-hybridized carbons (Fsp3) is 0.118. The molecule has 13 heteroatoms. The molecule has 1 atom stereocenters. The summed E-state index contributed by atoms with van der Waals surface area (Å²) in [7, 11) is 1.42. The second kappa shape index (κ2) is 12.1. The number of fused-ring (bicyclic) bond motifs is 3. The van der Waals surface area contributed by atoms with Gasteiger partial charge in [0.25, 0.3) is 11.2 Å². The first-order valence-electron chi connectivity index (χ1n) is 14.4. The van der Waals surface area contributed by atoms with Crippen LogP contribution in [-0.2, 0) is 6.42 Å². The van der Waals surface area contributed by atoms with E-state index in [2.05, 4.69) is 28.1 Å². The Balaban J connectivity index is 1.31. The predicted molar refractivity (Wildman–Crippen MR) is 180 cm³/mol. The monoisotopic (exact) mass is 710 g/mol. The third-order valence-corrected chi connectivity index (χ3v) is 9.63. The number of aryl methyl sites for hydroxylation is 1. The van der Waals surface area contributed by atoms with Gasteiger partial charge in [-0.3, -0.25) is 29.6 Å². The summed E-state index contributed by atoms with van der Waals surface area (Å²) in [5.74, 6) is 0.224. The second-order valence-electron chi connectivity index (χ2n) is 10.8. The summed E-state index contributed by atoms with van der Waals surface area (Å²) in [6.07, 6.45) is 3.39. The molecule has 5 aromatic rings. The van der Waals surface area contributed by atoms with Gasteiger partial charge in [0.2, 0.25) is 5.75 Å². The summed E-state index contributed by atoms with van der Waals surface area (Å²) < 4.78 is 14.5. The molecule has 0 spiro atoms. The summed E-state index contributed by atoms with van der Waals surface area (Å²) in [6.45, 7) is 0. The first kappa shape index (κ1) is 30.3. The summed E-state index contributed by atoms with van der Waals surface area (Å²) in [6, 6.07) is 24.0. The number of hydrogen-bond acceptors (Lipinski definition) is 9. The van der Waals surface area contributed by atoms with E-state index in [0.29, 0.717) is 14.9 Å². The SMILES string of the molecule is COc1cc(/C=c2\sc3n(c2=O)[C@@H](c2ccc(Br)cc2)C2=C(N=3)c3ccccc3CC2)ccc1Oc1ccc([N+](=O)[O-])cc1[N+](=O)[O-]. The third-order valence-electron chi connectivity index (χ3n) is 8.11. The van der Waals surface area contributed by atoms with E-state index in [-0.39, 0.29) is 28.8 Å². The number of allylic oxidation sites excluding steroid dienone is 1. The number of aromatic nitrogens is 1. The summed E-state index contributed by atoms with van der Waals surface area (Å²) in [5.41, 5.74) is 4.80. The molecule has 0 bridgehead atoms. The van der Waals surface area contributed by atoms with Gasteiger partial charge < -0.3 is 9.47 Å². The van der Waals surface area contributed by atoms with Gasteiger partial charge in [-0.15, -0.1) is 0 Å². The lowest BCUT2D eigenvalue weighted by Crippen LogP contribution is -2.38. The standard InChI is InChI=1S/C34H23BrN4O7S/c1-45-29-16-19(6-14-28(29)46-27-15-12-23(38(41)42)18-26(27)39(43)44)17-30-33(40)37-32(21-7-10-22(35)11-8-21)25-13-9-20-4-2-3-5-24(20)31(25)36-34(37)47-30/h2-8,10-12,14-18,32H,9,13H2,1H3/b30-17-/t32-/m0/s1. The Labute approximate surface area is 278 Å². The van der Waals surface area contributed by atoms with E-state index in [4.69, 9.17) is 14.5 Å². The van der Waals surface area contributed by atoms with E-state index in [0.717, 1.165) is 51.8 Å². The van der Waals surface area contributed by atoms with Gasteiger partial charge >= 0.3 is 5.69 Å². The minimum absolute atomic E-state index is 0.157. The maximum Gasteiger partial charge on any atom is 0.318 e. The zero-order valence-electron chi connectivity index (χ0n) is 24.6. The maximum absolute atomic E-state index is 14.1. The Kier molecular flexibility index (Phi) is 7.78. The van der Waals surface area contributed by atoms with Crippen molar-refractivity contribution in [3.63, 3.8) is 0 Å². The van der Waals surface area contributed by atoms with E-state index in [1.807, 2.05) is 36.4 Å². The summed E-state index contributed by atoms with van der Waals surface area (Å²) in [5, 5.41) is 22.7. The molecule has 7 rings (SSSR count). The van der Waals surface area contributed by atoms with Crippen molar-refractivity contribution in [1.29, 1.82) is 0 Å². The lowest BCUT2D eigenvalue weighted by atomic mass is 9.83. The van der Waals surface area contributed by atoms with Crippen LogP contribution in [0.3, 0.4) is 0 Å². The minimum Gasteiger partial charge on any atom is -0.493 e. The van der Waals surface area contributed by atoms with Crippen LogP contribution in [0.15, 0.2) is 105 Å². The molecule has 0 radical (unpaired) electrons. The highest BCUT2D eigenvalue weighted by Gasteiger charge is 2.32. The number of methoxy groups -OCH3 is 1. The fourth-order valence-corrected chi connectivity index (χ4v) is 7.21. The number of benzene rings is 4. The van der Waals surface area contributed by atoms with Crippen molar-refractivity contribution < 1.29 is 19.3 Å². The molecule has 1 aromatic heterocycles. The van der Waals surface area contributed by atoms with Gasteiger partial charge in [0.15, 0.2) is 16.3 Å². The minimum atomic E-state index is -0.749. The van der Waals surface area contributed by atoms with E-state index in [9.17, 15) is 25.0 Å². The number of nitro groups is 2. The second-order valence-corrected chi connectivity index (χ2v) is 12.8. The van der Waals surface area contributed by atoms with E-state index in [1.165, 1.54) is 30.1 Å². The topological polar surface area (TPSA) is 139 Å². The number of thiazole rings is 1. The van der Waals surface area contributed by atoms with Crippen molar-refractivity contribution in [1.82, 2.24) is 4.57 Å². The van der Waals surface area contributed by atoms with Crippen LogP contribution in [0.5, 0.6) is 17.2 Å². The largest absolute Gasteiger partial charge is 0.493 e. The molecular formula is C34H23BrN4O7S. The Morgan fingerprint density at radius 1 is 0.936 bits per heavy atom. The molecule has 4 aromatic carbocycles. The lowest BCUT2D eigenvalue weighted by Gasteiger charge is -2.30. The van der Waals surface area contributed by atoms with E-state index >= 15 is 0 Å². The Morgan fingerprint density at radius 3 is 2.45 bits per heavy atom. The van der Waals surface area contributed by atoms with Crippen molar-refractivity contribution in [3.8, 4) is 17.2 Å². The van der Waals surface area contributed by atoms with Crippen LogP contribution in [0.2, 0.25) is 0 Å². The van der Waals surface area contributed by atoms with Crippen LogP contribution in [0.1, 0.15) is 34.7 Å². The van der Waals surface area contributed by atoms with Gasteiger partial charge in [0, 0.05) is 16.1 Å². The van der Waals surface area contributed by atoms with Crippen LogP contribution in [-0.4, -0.2) is 21.5 Å². The number of hydrogen-bond donors (Lipinski definition) is 0. The first-order valence-corrected chi connectivity index (χ1v) is 16.0. The van der Waals surface area contributed by atoms with E-state index in [1.54, 1.807) is 28.8 Å². The van der Waals surface area contributed by atoms with Gasteiger partial charge in [-0.25, -0.2) is 4.99 Å². The molecule has 0 saturated heterocycles. The zero-order valence-corrected chi connectivity index (χ0v) is 27.0. The molecule has 0 unspecified atom stereocenters. The fourth-order valence-electron chi connectivity index (χ4n) is 5.94.